The highest BCUT2D eigenvalue weighted by molar-refractivity contribution is 5.96. The van der Waals surface area contributed by atoms with E-state index in [1.54, 1.807) is 33.9 Å². The topological polar surface area (TPSA) is 64.4 Å². The molecule has 1 aromatic heterocycles. The lowest BCUT2D eigenvalue weighted by Gasteiger charge is -2.12. The molecule has 21 heavy (non-hydrogen) atoms. The van der Waals surface area contributed by atoms with Crippen molar-refractivity contribution in [2.75, 3.05) is 0 Å². The summed E-state index contributed by atoms with van der Waals surface area (Å²) in [6, 6.07) is 4.39. The zero-order chi connectivity index (χ0) is 15.7. The molecule has 2 rings (SSSR count). The van der Waals surface area contributed by atoms with Gasteiger partial charge in [0.05, 0.1) is 17.5 Å². The summed E-state index contributed by atoms with van der Waals surface area (Å²) in [7, 11) is 1.63. The SMILES string of the molecule is Cc1nn(C)c(-c2ccc(OC(C)C)c(F)c2)c1C(=O)O. The van der Waals surface area contributed by atoms with Crippen molar-refractivity contribution < 1.29 is 19.0 Å². The molecule has 112 valence electrons. The van der Waals surface area contributed by atoms with E-state index >= 15 is 0 Å². The van der Waals surface area contributed by atoms with Crippen LogP contribution in [-0.2, 0) is 7.05 Å². The lowest BCUT2D eigenvalue weighted by molar-refractivity contribution is 0.0697. The first kappa shape index (κ1) is 15.0. The fourth-order valence-electron chi connectivity index (χ4n) is 2.24. The summed E-state index contributed by atoms with van der Waals surface area (Å²) in [6.45, 7) is 5.22. The first-order valence-electron chi connectivity index (χ1n) is 6.54. The van der Waals surface area contributed by atoms with Crippen LogP contribution in [0.2, 0.25) is 0 Å². The van der Waals surface area contributed by atoms with Gasteiger partial charge in [-0.1, -0.05) is 0 Å². The second kappa shape index (κ2) is 5.55. The summed E-state index contributed by atoms with van der Waals surface area (Å²) in [5, 5.41) is 13.4. The van der Waals surface area contributed by atoms with Crippen molar-refractivity contribution in [3.05, 3.63) is 35.3 Å². The molecule has 1 aromatic carbocycles. The van der Waals surface area contributed by atoms with E-state index in [4.69, 9.17) is 4.74 Å². The van der Waals surface area contributed by atoms with Gasteiger partial charge in [-0.15, -0.1) is 0 Å². The second-order valence-corrected chi connectivity index (χ2v) is 5.05. The van der Waals surface area contributed by atoms with Crippen LogP contribution in [0.1, 0.15) is 29.9 Å². The van der Waals surface area contributed by atoms with E-state index in [2.05, 4.69) is 5.10 Å². The number of aromatic carboxylic acids is 1. The third kappa shape index (κ3) is 2.89. The highest BCUT2D eigenvalue weighted by Gasteiger charge is 2.21. The average molecular weight is 292 g/mol. The number of hydrogen-bond acceptors (Lipinski definition) is 3. The molecule has 0 bridgehead atoms. The Hall–Kier alpha value is -2.37. The van der Waals surface area contributed by atoms with Crippen LogP contribution in [-0.4, -0.2) is 27.0 Å². The highest BCUT2D eigenvalue weighted by Crippen LogP contribution is 2.29. The van der Waals surface area contributed by atoms with Gasteiger partial charge in [-0.25, -0.2) is 9.18 Å². The predicted molar refractivity (Wildman–Crippen MR) is 76.1 cm³/mol. The molecule has 0 aliphatic rings. The molecular weight excluding hydrogens is 275 g/mol. The van der Waals surface area contributed by atoms with E-state index in [-0.39, 0.29) is 17.4 Å². The maximum Gasteiger partial charge on any atom is 0.339 e. The second-order valence-electron chi connectivity index (χ2n) is 5.05. The van der Waals surface area contributed by atoms with Gasteiger partial charge in [0.2, 0.25) is 0 Å². The number of halogens is 1. The average Bonchev–Trinajstić information content (AvgIpc) is 2.66. The number of nitrogens with zero attached hydrogens (tertiary/aromatic N) is 2. The Balaban J connectivity index is 2.53. The van der Waals surface area contributed by atoms with Crippen LogP contribution in [0.4, 0.5) is 4.39 Å². The van der Waals surface area contributed by atoms with Crippen LogP contribution < -0.4 is 4.74 Å². The predicted octanol–water partition coefficient (Wildman–Crippen LogP) is 3.02. The van der Waals surface area contributed by atoms with Crippen LogP contribution in [0.3, 0.4) is 0 Å². The Morgan fingerprint density at radius 2 is 2.10 bits per heavy atom. The van der Waals surface area contributed by atoms with Crippen molar-refractivity contribution in [1.82, 2.24) is 9.78 Å². The molecule has 0 unspecified atom stereocenters. The summed E-state index contributed by atoms with van der Waals surface area (Å²) in [4.78, 5) is 11.4. The zero-order valence-corrected chi connectivity index (χ0v) is 12.3. The number of rotatable bonds is 4. The summed E-state index contributed by atoms with van der Waals surface area (Å²) >= 11 is 0. The van der Waals surface area contributed by atoms with Crippen molar-refractivity contribution in [2.45, 2.75) is 26.9 Å². The molecule has 0 saturated heterocycles. The first-order valence-corrected chi connectivity index (χ1v) is 6.54. The standard InChI is InChI=1S/C15H17FN2O3/c1-8(2)21-12-6-5-10(7-11(12)16)14-13(15(19)20)9(3)17-18(14)4/h5-8H,1-4H3,(H,19,20). The van der Waals surface area contributed by atoms with E-state index in [0.29, 0.717) is 17.0 Å². The minimum absolute atomic E-state index is 0.0782. The van der Waals surface area contributed by atoms with E-state index in [1.165, 1.54) is 16.8 Å². The molecular formula is C15H17FN2O3. The molecule has 0 saturated carbocycles. The van der Waals surface area contributed by atoms with Crippen LogP contribution in [0.25, 0.3) is 11.3 Å². The number of benzene rings is 1. The lowest BCUT2D eigenvalue weighted by atomic mass is 10.1. The van der Waals surface area contributed by atoms with Crippen LogP contribution in [0.5, 0.6) is 5.75 Å². The van der Waals surface area contributed by atoms with E-state index in [0.717, 1.165) is 0 Å². The van der Waals surface area contributed by atoms with E-state index in [1.807, 2.05) is 0 Å². The monoisotopic (exact) mass is 292 g/mol. The number of aryl methyl sites for hydroxylation is 2. The third-order valence-electron chi connectivity index (χ3n) is 3.00. The van der Waals surface area contributed by atoms with Crippen molar-refractivity contribution in [1.29, 1.82) is 0 Å². The molecule has 0 atom stereocenters. The Kier molecular flexibility index (Phi) is 3.97. The van der Waals surface area contributed by atoms with Crippen LogP contribution in [0, 0.1) is 12.7 Å². The Morgan fingerprint density at radius 3 is 2.62 bits per heavy atom. The zero-order valence-electron chi connectivity index (χ0n) is 12.3. The fraction of sp³-hybridized carbons (Fsp3) is 0.333. The van der Waals surface area contributed by atoms with Crippen LogP contribution >= 0.6 is 0 Å². The van der Waals surface area contributed by atoms with Crippen molar-refractivity contribution in [3.8, 4) is 17.0 Å². The molecule has 0 aliphatic carbocycles. The molecule has 0 amide bonds. The van der Waals surface area contributed by atoms with E-state index < -0.39 is 11.8 Å². The highest BCUT2D eigenvalue weighted by atomic mass is 19.1. The number of ether oxygens (including phenoxy) is 1. The Labute approximate surface area is 122 Å². The fourth-order valence-corrected chi connectivity index (χ4v) is 2.24. The smallest absolute Gasteiger partial charge is 0.339 e. The number of carboxylic acid groups (broad SMARTS) is 1. The summed E-state index contributed by atoms with van der Waals surface area (Å²) < 4.78 is 20.8. The third-order valence-corrected chi connectivity index (χ3v) is 3.00. The Morgan fingerprint density at radius 1 is 1.43 bits per heavy atom. The van der Waals surface area contributed by atoms with E-state index in [9.17, 15) is 14.3 Å². The molecule has 1 N–H and O–H groups in total. The number of hydrogen-bond donors (Lipinski definition) is 1. The Bertz CT molecular complexity index is 692. The van der Waals surface area contributed by atoms with Gasteiger partial charge < -0.3 is 9.84 Å². The summed E-state index contributed by atoms with van der Waals surface area (Å²) in [5.41, 5.74) is 1.29. The van der Waals surface area contributed by atoms with Gasteiger partial charge in [-0.2, -0.15) is 5.10 Å². The molecule has 0 radical (unpaired) electrons. The van der Waals surface area contributed by atoms with Gasteiger partial charge in [0, 0.05) is 12.6 Å². The van der Waals surface area contributed by atoms with Crippen molar-refractivity contribution in [2.24, 2.45) is 7.05 Å². The minimum atomic E-state index is -1.08. The van der Waals surface area contributed by atoms with Gasteiger partial charge in [0.15, 0.2) is 11.6 Å². The van der Waals surface area contributed by atoms with Gasteiger partial charge in [-0.3, -0.25) is 4.68 Å². The normalized spacial score (nSPS) is 11.0. The molecule has 6 heteroatoms. The van der Waals surface area contributed by atoms with Gasteiger partial charge in [0.25, 0.3) is 0 Å². The molecule has 2 aromatic rings. The quantitative estimate of drug-likeness (QED) is 0.940. The number of carboxylic acids is 1. The molecule has 5 nitrogen and oxygen atoms in total. The van der Waals surface area contributed by atoms with Crippen molar-refractivity contribution >= 4 is 5.97 Å². The maximum atomic E-state index is 14.1. The van der Waals surface area contributed by atoms with Gasteiger partial charge in [-0.05, 0) is 39.0 Å². The van der Waals surface area contributed by atoms with Gasteiger partial charge >= 0.3 is 5.97 Å². The van der Waals surface area contributed by atoms with Crippen LogP contribution in [0.15, 0.2) is 18.2 Å². The van der Waals surface area contributed by atoms with Crippen molar-refractivity contribution in [3.63, 3.8) is 0 Å². The molecule has 0 fully saturated rings. The largest absolute Gasteiger partial charge is 0.488 e. The summed E-state index contributed by atoms with van der Waals surface area (Å²) in [6.07, 6.45) is -0.140. The molecule has 0 spiro atoms. The number of carbonyl (C=O) groups is 1. The number of aromatic nitrogens is 2. The minimum Gasteiger partial charge on any atom is -0.488 e. The first-order chi connectivity index (χ1) is 9.81. The van der Waals surface area contributed by atoms with Gasteiger partial charge in [0.1, 0.15) is 5.56 Å². The lowest BCUT2D eigenvalue weighted by Crippen LogP contribution is -2.07. The summed E-state index contributed by atoms with van der Waals surface area (Å²) in [5.74, 6) is -1.47. The maximum absolute atomic E-state index is 14.1. The molecule has 0 aliphatic heterocycles. The molecule has 1 heterocycles.